The molecule has 3 nitrogen and oxygen atoms in total. The van der Waals surface area contributed by atoms with Gasteiger partial charge in [-0.15, -0.1) is 11.3 Å². The molecule has 0 amide bonds. The molecule has 2 rings (SSSR count). The fourth-order valence-electron chi connectivity index (χ4n) is 1.63. The summed E-state index contributed by atoms with van der Waals surface area (Å²) in [6.45, 7) is 5.09. The molecule has 1 fully saturated rings. The summed E-state index contributed by atoms with van der Waals surface area (Å²) in [5.74, 6) is 0.699. The lowest BCUT2D eigenvalue weighted by Crippen LogP contribution is -2.25. The second-order valence-electron chi connectivity index (χ2n) is 3.76. The SMILES string of the molecule is CC(NCC1CCOC1)c1cncs1. The molecule has 1 N–H and O–H groups in total. The van der Waals surface area contributed by atoms with Crippen LogP contribution in [-0.2, 0) is 4.74 Å². The Morgan fingerprint density at radius 1 is 1.79 bits per heavy atom. The summed E-state index contributed by atoms with van der Waals surface area (Å²) in [5.41, 5.74) is 1.88. The molecule has 78 valence electrons. The standard InChI is InChI=1S/C10H16N2OS/c1-8(10-5-11-7-14-10)12-4-9-2-3-13-6-9/h5,7-9,12H,2-4,6H2,1H3. The first-order chi connectivity index (χ1) is 6.86. The van der Waals surface area contributed by atoms with Crippen molar-refractivity contribution in [1.82, 2.24) is 10.3 Å². The molecule has 4 heteroatoms. The van der Waals surface area contributed by atoms with Crippen LogP contribution >= 0.6 is 11.3 Å². The minimum Gasteiger partial charge on any atom is -0.381 e. The average Bonchev–Trinajstić information content (AvgIpc) is 2.87. The Hall–Kier alpha value is -0.450. The van der Waals surface area contributed by atoms with E-state index in [-0.39, 0.29) is 0 Å². The highest BCUT2D eigenvalue weighted by Crippen LogP contribution is 2.18. The number of ether oxygens (including phenoxy) is 1. The highest BCUT2D eigenvalue weighted by molar-refractivity contribution is 7.09. The molecule has 14 heavy (non-hydrogen) atoms. The lowest BCUT2D eigenvalue weighted by atomic mass is 10.1. The van der Waals surface area contributed by atoms with E-state index in [9.17, 15) is 0 Å². The first kappa shape index (κ1) is 10.1. The molecule has 2 unspecified atom stereocenters. The molecule has 1 saturated heterocycles. The van der Waals surface area contributed by atoms with Gasteiger partial charge >= 0.3 is 0 Å². The molecule has 0 radical (unpaired) electrons. The van der Waals surface area contributed by atoms with Crippen LogP contribution in [0.5, 0.6) is 0 Å². The van der Waals surface area contributed by atoms with Crippen LogP contribution in [0.3, 0.4) is 0 Å². The minimum absolute atomic E-state index is 0.420. The predicted octanol–water partition coefficient (Wildman–Crippen LogP) is 1.83. The lowest BCUT2D eigenvalue weighted by Gasteiger charge is -2.14. The van der Waals surface area contributed by atoms with Crippen molar-refractivity contribution in [2.45, 2.75) is 19.4 Å². The molecule has 1 aromatic rings. The number of aromatic nitrogens is 1. The zero-order valence-electron chi connectivity index (χ0n) is 8.40. The zero-order valence-corrected chi connectivity index (χ0v) is 9.22. The third-order valence-corrected chi connectivity index (χ3v) is 3.57. The van der Waals surface area contributed by atoms with Crippen LogP contribution in [-0.4, -0.2) is 24.7 Å². The van der Waals surface area contributed by atoms with Crippen molar-refractivity contribution in [3.05, 3.63) is 16.6 Å². The van der Waals surface area contributed by atoms with E-state index in [0.717, 1.165) is 19.8 Å². The van der Waals surface area contributed by atoms with Crippen molar-refractivity contribution in [3.63, 3.8) is 0 Å². The number of nitrogens with zero attached hydrogens (tertiary/aromatic N) is 1. The van der Waals surface area contributed by atoms with E-state index in [1.54, 1.807) is 11.3 Å². The maximum absolute atomic E-state index is 5.33. The van der Waals surface area contributed by atoms with E-state index < -0.39 is 0 Å². The molecule has 1 aliphatic rings. The molecule has 0 aliphatic carbocycles. The first-order valence-corrected chi connectivity index (χ1v) is 5.93. The van der Waals surface area contributed by atoms with E-state index in [0.29, 0.717) is 12.0 Å². The summed E-state index contributed by atoms with van der Waals surface area (Å²) in [5, 5.41) is 3.52. The Morgan fingerprint density at radius 2 is 2.71 bits per heavy atom. The Labute approximate surface area is 88.5 Å². The van der Waals surface area contributed by atoms with Crippen LogP contribution in [0.25, 0.3) is 0 Å². The summed E-state index contributed by atoms with van der Waals surface area (Å²) < 4.78 is 5.33. The van der Waals surface area contributed by atoms with Crippen LogP contribution in [0.4, 0.5) is 0 Å². The Bertz CT molecular complexity index is 257. The zero-order chi connectivity index (χ0) is 9.80. The third-order valence-electron chi connectivity index (χ3n) is 2.61. The van der Waals surface area contributed by atoms with Gasteiger partial charge in [-0.3, -0.25) is 4.98 Å². The van der Waals surface area contributed by atoms with E-state index in [1.807, 2.05) is 11.7 Å². The van der Waals surface area contributed by atoms with Crippen LogP contribution in [0, 0.1) is 5.92 Å². The summed E-state index contributed by atoms with van der Waals surface area (Å²) in [6, 6.07) is 0.420. The predicted molar refractivity (Wildman–Crippen MR) is 57.5 cm³/mol. The smallest absolute Gasteiger partial charge is 0.0794 e. The van der Waals surface area contributed by atoms with Gasteiger partial charge in [0.2, 0.25) is 0 Å². The van der Waals surface area contributed by atoms with Gasteiger partial charge in [0.05, 0.1) is 12.1 Å². The van der Waals surface area contributed by atoms with Gasteiger partial charge in [-0.1, -0.05) is 0 Å². The normalized spacial score (nSPS) is 23.9. The highest BCUT2D eigenvalue weighted by atomic mass is 32.1. The maximum Gasteiger partial charge on any atom is 0.0794 e. The summed E-state index contributed by atoms with van der Waals surface area (Å²) in [7, 11) is 0. The molecule has 2 heterocycles. The van der Waals surface area contributed by atoms with Crippen molar-refractivity contribution >= 4 is 11.3 Å². The number of thiazole rings is 1. The Morgan fingerprint density at radius 3 is 3.36 bits per heavy atom. The first-order valence-electron chi connectivity index (χ1n) is 5.06. The summed E-state index contributed by atoms with van der Waals surface area (Å²) in [4.78, 5) is 5.39. The van der Waals surface area contributed by atoms with E-state index in [1.165, 1.54) is 11.3 Å². The van der Waals surface area contributed by atoms with Gasteiger partial charge in [-0.05, 0) is 19.3 Å². The molecule has 0 spiro atoms. The fraction of sp³-hybridized carbons (Fsp3) is 0.700. The van der Waals surface area contributed by atoms with Crippen molar-refractivity contribution in [3.8, 4) is 0 Å². The molecule has 1 aliphatic heterocycles. The van der Waals surface area contributed by atoms with Gasteiger partial charge in [0.15, 0.2) is 0 Å². The van der Waals surface area contributed by atoms with Gasteiger partial charge < -0.3 is 10.1 Å². The molecular weight excluding hydrogens is 196 g/mol. The second-order valence-corrected chi connectivity index (χ2v) is 4.68. The lowest BCUT2D eigenvalue weighted by molar-refractivity contribution is 0.184. The van der Waals surface area contributed by atoms with E-state index in [2.05, 4.69) is 17.2 Å². The molecular formula is C10H16N2OS. The number of hydrogen-bond donors (Lipinski definition) is 1. The fourth-order valence-corrected chi connectivity index (χ4v) is 2.28. The van der Waals surface area contributed by atoms with Crippen molar-refractivity contribution in [1.29, 1.82) is 0 Å². The van der Waals surface area contributed by atoms with Crippen LogP contribution in [0.2, 0.25) is 0 Å². The molecule has 1 aromatic heterocycles. The van der Waals surface area contributed by atoms with Gasteiger partial charge in [0, 0.05) is 30.3 Å². The van der Waals surface area contributed by atoms with Gasteiger partial charge in [-0.25, -0.2) is 0 Å². The molecule has 0 aromatic carbocycles. The average molecular weight is 212 g/mol. The molecule has 2 atom stereocenters. The molecule has 0 saturated carbocycles. The second kappa shape index (κ2) is 4.87. The van der Waals surface area contributed by atoms with Crippen LogP contribution in [0.1, 0.15) is 24.3 Å². The third kappa shape index (κ3) is 2.53. The maximum atomic E-state index is 5.33. The number of nitrogens with one attached hydrogen (secondary N) is 1. The van der Waals surface area contributed by atoms with Crippen molar-refractivity contribution in [2.24, 2.45) is 5.92 Å². The van der Waals surface area contributed by atoms with Gasteiger partial charge in [-0.2, -0.15) is 0 Å². The Kier molecular flexibility index (Phi) is 3.50. The van der Waals surface area contributed by atoms with E-state index in [4.69, 9.17) is 4.74 Å². The number of hydrogen-bond acceptors (Lipinski definition) is 4. The van der Waals surface area contributed by atoms with Crippen LogP contribution in [0.15, 0.2) is 11.7 Å². The van der Waals surface area contributed by atoms with Gasteiger partial charge in [0.25, 0.3) is 0 Å². The van der Waals surface area contributed by atoms with Crippen LogP contribution < -0.4 is 5.32 Å². The monoisotopic (exact) mass is 212 g/mol. The number of rotatable bonds is 4. The summed E-state index contributed by atoms with van der Waals surface area (Å²) >= 11 is 1.71. The van der Waals surface area contributed by atoms with E-state index >= 15 is 0 Å². The topological polar surface area (TPSA) is 34.1 Å². The minimum atomic E-state index is 0.420. The highest BCUT2D eigenvalue weighted by Gasteiger charge is 2.16. The van der Waals surface area contributed by atoms with Crippen molar-refractivity contribution in [2.75, 3.05) is 19.8 Å². The van der Waals surface area contributed by atoms with Crippen molar-refractivity contribution < 1.29 is 4.74 Å². The quantitative estimate of drug-likeness (QED) is 0.827. The largest absolute Gasteiger partial charge is 0.381 e. The summed E-state index contributed by atoms with van der Waals surface area (Å²) in [6.07, 6.45) is 3.13. The Balaban J connectivity index is 1.74. The molecule has 0 bridgehead atoms. The van der Waals surface area contributed by atoms with Gasteiger partial charge in [0.1, 0.15) is 0 Å².